The Labute approximate surface area is 205 Å². The SMILES string of the molecule is CC(C)C(=O)N(Cc1ccc(Cl)cc1)C(Cc1ccccc1)C(=O)NCc1ccc(Cl)cc1. The molecule has 0 heterocycles. The number of carbonyl (C=O) groups is 2. The minimum Gasteiger partial charge on any atom is -0.350 e. The molecule has 0 aliphatic carbocycles. The van der Waals surface area contributed by atoms with Crippen LogP contribution in [0.4, 0.5) is 0 Å². The zero-order valence-electron chi connectivity index (χ0n) is 18.8. The van der Waals surface area contributed by atoms with E-state index in [4.69, 9.17) is 23.2 Å². The second kappa shape index (κ2) is 11.9. The predicted octanol–water partition coefficient (Wildman–Crippen LogP) is 5.91. The first-order valence-corrected chi connectivity index (χ1v) is 11.7. The number of carbonyl (C=O) groups excluding carboxylic acids is 2. The molecule has 0 radical (unpaired) electrons. The van der Waals surface area contributed by atoms with Crippen LogP contribution >= 0.6 is 23.2 Å². The Morgan fingerprint density at radius 3 is 1.88 bits per heavy atom. The van der Waals surface area contributed by atoms with Gasteiger partial charge in [0, 0.05) is 35.5 Å². The van der Waals surface area contributed by atoms with Crippen LogP contribution in [0.25, 0.3) is 0 Å². The molecule has 1 atom stereocenters. The molecule has 0 saturated heterocycles. The Morgan fingerprint density at radius 1 is 0.788 bits per heavy atom. The molecular weight excluding hydrogens is 455 g/mol. The maximum absolute atomic E-state index is 13.4. The van der Waals surface area contributed by atoms with E-state index >= 15 is 0 Å². The third-order valence-corrected chi connectivity index (χ3v) is 5.88. The number of halogens is 2. The van der Waals surface area contributed by atoms with E-state index in [0.29, 0.717) is 29.6 Å². The lowest BCUT2D eigenvalue weighted by atomic mass is 10.0. The third kappa shape index (κ3) is 7.34. The zero-order chi connectivity index (χ0) is 23.8. The van der Waals surface area contributed by atoms with E-state index in [1.165, 1.54) is 0 Å². The first kappa shape index (κ1) is 24.8. The van der Waals surface area contributed by atoms with E-state index in [0.717, 1.165) is 16.7 Å². The van der Waals surface area contributed by atoms with Crippen LogP contribution in [0, 0.1) is 5.92 Å². The van der Waals surface area contributed by atoms with Crippen LogP contribution in [0.2, 0.25) is 10.0 Å². The van der Waals surface area contributed by atoms with Crippen molar-refractivity contribution in [2.45, 2.75) is 39.4 Å². The monoisotopic (exact) mass is 482 g/mol. The molecule has 4 nitrogen and oxygen atoms in total. The lowest BCUT2D eigenvalue weighted by molar-refractivity contribution is -0.143. The van der Waals surface area contributed by atoms with Crippen LogP contribution in [0.5, 0.6) is 0 Å². The summed E-state index contributed by atoms with van der Waals surface area (Å²) >= 11 is 12.0. The van der Waals surface area contributed by atoms with Gasteiger partial charge in [0.25, 0.3) is 0 Å². The summed E-state index contributed by atoms with van der Waals surface area (Å²) in [5.41, 5.74) is 2.84. The van der Waals surface area contributed by atoms with Gasteiger partial charge in [0.05, 0.1) is 0 Å². The van der Waals surface area contributed by atoms with Gasteiger partial charge in [-0.2, -0.15) is 0 Å². The van der Waals surface area contributed by atoms with Gasteiger partial charge in [0.15, 0.2) is 0 Å². The summed E-state index contributed by atoms with van der Waals surface area (Å²) in [4.78, 5) is 28.4. The number of hydrogen-bond donors (Lipinski definition) is 1. The summed E-state index contributed by atoms with van der Waals surface area (Å²) in [5.74, 6) is -0.524. The van der Waals surface area contributed by atoms with Crippen molar-refractivity contribution in [1.82, 2.24) is 10.2 Å². The smallest absolute Gasteiger partial charge is 0.243 e. The highest BCUT2D eigenvalue weighted by atomic mass is 35.5. The fourth-order valence-electron chi connectivity index (χ4n) is 3.55. The van der Waals surface area contributed by atoms with Gasteiger partial charge in [0.1, 0.15) is 6.04 Å². The molecule has 1 N–H and O–H groups in total. The molecule has 6 heteroatoms. The predicted molar refractivity (Wildman–Crippen MR) is 134 cm³/mol. The zero-order valence-corrected chi connectivity index (χ0v) is 20.3. The van der Waals surface area contributed by atoms with Crippen molar-refractivity contribution in [3.63, 3.8) is 0 Å². The lowest BCUT2D eigenvalue weighted by Gasteiger charge is -2.33. The van der Waals surface area contributed by atoms with Crippen molar-refractivity contribution in [2.24, 2.45) is 5.92 Å². The molecule has 0 bridgehead atoms. The van der Waals surface area contributed by atoms with Crippen LogP contribution in [0.1, 0.15) is 30.5 Å². The fourth-order valence-corrected chi connectivity index (χ4v) is 3.80. The van der Waals surface area contributed by atoms with E-state index in [2.05, 4.69) is 5.32 Å². The highest BCUT2D eigenvalue weighted by Gasteiger charge is 2.31. The van der Waals surface area contributed by atoms with Crippen molar-refractivity contribution in [3.8, 4) is 0 Å². The Morgan fingerprint density at radius 2 is 1.33 bits per heavy atom. The van der Waals surface area contributed by atoms with Gasteiger partial charge < -0.3 is 10.2 Å². The van der Waals surface area contributed by atoms with Gasteiger partial charge in [-0.05, 0) is 41.0 Å². The molecule has 3 aromatic carbocycles. The normalized spacial score (nSPS) is 11.8. The summed E-state index contributed by atoms with van der Waals surface area (Å²) in [6, 6.07) is 23.8. The standard InChI is InChI=1S/C27H28Cl2N2O2/c1-19(2)27(33)31(18-22-10-14-24(29)15-11-22)25(16-20-6-4-3-5-7-20)26(32)30-17-21-8-12-23(28)13-9-21/h3-15,19,25H,16-18H2,1-2H3,(H,30,32). The molecule has 0 aliphatic heterocycles. The number of nitrogens with one attached hydrogen (secondary N) is 1. The minimum absolute atomic E-state index is 0.0764. The Bertz CT molecular complexity index is 1050. The van der Waals surface area contributed by atoms with Gasteiger partial charge in [-0.15, -0.1) is 0 Å². The number of nitrogens with zero attached hydrogens (tertiary/aromatic N) is 1. The third-order valence-electron chi connectivity index (χ3n) is 5.37. The second-order valence-electron chi connectivity index (χ2n) is 8.30. The van der Waals surface area contributed by atoms with Gasteiger partial charge in [-0.3, -0.25) is 9.59 Å². The van der Waals surface area contributed by atoms with E-state index in [1.54, 1.807) is 29.2 Å². The van der Waals surface area contributed by atoms with Crippen molar-refractivity contribution < 1.29 is 9.59 Å². The van der Waals surface area contributed by atoms with Gasteiger partial charge in [-0.1, -0.05) is 91.6 Å². The van der Waals surface area contributed by atoms with E-state index in [-0.39, 0.29) is 17.7 Å². The summed E-state index contributed by atoms with van der Waals surface area (Å²) in [6.07, 6.45) is 0.416. The Balaban J connectivity index is 1.88. The molecular formula is C27H28Cl2N2O2. The van der Waals surface area contributed by atoms with Gasteiger partial charge in [0.2, 0.25) is 11.8 Å². The topological polar surface area (TPSA) is 49.4 Å². The second-order valence-corrected chi connectivity index (χ2v) is 9.17. The number of rotatable bonds is 9. The van der Waals surface area contributed by atoms with Crippen LogP contribution in [0.3, 0.4) is 0 Å². The first-order valence-electron chi connectivity index (χ1n) is 10.9. The molecule has 0 aromatic heterocycles. The summed E-state index contributed by atoms with van der Waals surface area (Å²) in [6.45, 7) is 4.37. The maximum atomic E-state index is 13.4. The molecule has 0 aliphatic rings. The molecule has 0 saturated carbocycles. The first-order chi connectivity index (χ1) is 15.8. The Hall–Kier alpha value is -2.82. The summed E-state index contributed by atoms with van der Waals surface area (Å²) < 4.78 is 0. The molecule has 33 heavy (non-hydrogen) atoms. The Kier molecular flexibility index (Phi) is 8.93. The molecule has 1 unspecified atom stereocenters. The molecule has 0 fully saturated rings. The quantitative estimate of drug-likeness (QED) is 0.412. The fraction of sp³-hybridized carbons (Fsp3) is 0.259. The van der Waals surface area contributed by atoms with Crippen molar-refractivity contribution >= 4 is 35.0 Å². The summed E-state index contributed by atoms with van der Waals surface area (Å²) in [5, 5.41) is 4.28. The van der Waals surface area contributed by atoms with Crippen LogP contribution < -0.4 is 5.32 Å². The average molecular weight is 483 g/mol. The van der Waals surface area contributed by atoms with Gasteiger partial charge in [-0.25, -0.2) is 0 Å². The highest BCUT2D eigenvalue weighted by Crippen LogP contribution is 2.19. The molecule has 3 rings (SSSR count). The maximum Gasteiger partial charge on any atom is 0.243 e. The molecule has 172 valence electrons. The lowest BCUT2D eigenvalue weighted by Crippen LogP contribution is -2.51. The number of hydrogen-bond acceptors (Lipinski definition) is 2. The number of benzene rings is 3. The van der Waals surface area contributed by atoms with Crippen molar-refractivity contribution in [1.29, 1.82) is 0 Å². The largest absolute Gasteiger partial charge is 0.350 e. The minimum atomic E-state index is -0.662. The van der Waals surface area contributed by atoms with Gasteiger partial charge >= 0.3 is 0 Å². The van der Waals surface area contributed by atoms with Crippen molar-refractivity contribution in [2.75, 3.05) is 0 Å². The van der Waals surface area contributed by atoms with E-state index in [1.807, 2.05) is 68.4 Å². The highest BCUT2D eigenvalue weighted by molar-refractivity contribution is 6.30. The van der Waals surface area contributed by atoms with Crippen LogP contribution in [0.15, 0.2) is 78.9 Å². The number of amides is 2. The molecule has 2 amide bonds. The van der Waals surface area contributed by atoms with Crippen LogP contribution in [-0.2, 0) is 29.1 Å². The van der Waals surface area contributed by atoms with Crippen molar-refractivity contribution in [3.05, 3.63) is 106 Å². The molecule has 3 aromatic rings. The van der Waals surface area contributed by atoms with E-state index in [9.17, 15) is 9.59 Å². The summed E-state index contributed by atoms with van der Waals surface area (Å²) in [7, 11) is 0. The average Bonchev–Trinajstić information content (AvgIpc) is 2.82. The van der Waals surface area contributed by atoms with E-state index < -0.39 is 6.04 Å². The van der Waals surface area contributed by atoms with Crippen LogP contribution in [-0.4, -0.2) is 22.8 Å². The molecule has 0 spiro atoms.